The number of likely N-dealkylation sites (tertiary alicyclic amines) is 1. The van der Waals surface area contributed by atoms with Gasteiger partial charge in [-0.3, -0.25) is 9.59 Å². The number of benzene rings is 1. The Morgan fingerprint density at radius 3 is 2.51 bits per heavy atom. The van der Waals surface area contributed by atoms with Gasteiger partial charge in [-0.25, -0.2) is 4.39 Å². The monoisotopic (exact) mass is 603 g/mol. The summed E-state index contributed by atoms with van der Waals surface area (Å²) in [5.41, 5.74) is 1.69. The minimum absolute atomic E-state index is 0.0116. The molecule has 43 heavy (non-hydrogen) atoms. The highest BCUT2D eigenvalue weighted by atomic mass is 19.1. The highest BCUT2D eigenvalue weighted by Crippen LogP contribution is 2.31. The van der Waals surface area contributed by atoms with Crippen LogP contribution in [-0.4, -0.2) is 99.7 Å². The third kappa shape index (κ3) is 9.14. The number of ether oxygens (including phenoxy) is 3. The molecule has 2 fully saturated rings. The Hall–Kier alpha value is -2.73. The van der Waals surface area contributed by atoms with Crippen molar-refractivity contribution >= 4 is 28.4 Å². The average molecular weight is 604 g/mol. The van der Waals surface area contributed by atoms with Gasteiger partial charge in [0.05, 0.1) is 50.3 Å². The van der Waals surface area contributed by atoms with Crippen molar-refractivity contribution in [1.29, 1.82) is 0 Å². The Labute approximate surface area is 255 Å². The molecule has 4 rings (SSSR count). The first-order chi connectivity index (χ1) is 20.9. The fourth-order valence-electron chi connectivity index (χ4n) is 6.22. The second-order valence-electron chi connectivity index (χ2n) is 11.7. The van der Waals surface area contributed by atoms with E-state index in [4.69, 9.17) is 14.2 Å². The van der Waals surface area contributed by atoms with Crippen LogP contribution >= 0.6 is 0 Å². The van der Waals surface area contributed by atoms with Crippen molar-refractivity contribution in [2.24, 2.45) is 5.92 Å². The number of methoxy groups -OCH3 is 1. The van der Waals surface area contributed by atoms with E-state index in [1.54, 1.807) is 26.3 Å². The van der Waals surface area contributed by atoms with Crippen molar-refractivity contribution in [2.75, 3.05) is 65.6 Å². The van der Waals surface area contributed by atoms with E-state index < -0.39 is 6.04 Å². The van der Waals surface area contributed by atoms with Gasteiger partial charge < -0.3 is 39.6 Å². The SMILES string of the molecule is CN[C@@H](C)C(=O)N[C@H](C(=O)N1CCC[C@H]1CNc1cn(CCOCCOCCOC)c2cc(F)ccc12)C1CCCCC1. The van der Waals surface area contributed by atoms with Crippen LogP contribution in [0.1, 0.15) is 51.9 Å². The third-order valence-corrected chi connectivity index (χ3v) is 8.82. The van der Waals surface area contributed by atoms with E-state index >= 15 is 0 Å². The molecule has 2 amide bonds. The number of rotatable bonds is 17. The van der Waals surface area contributed by atoms with Crippen molar-refractivity contribution in [3.63, 3.8) is 0 Å². The number of aromatic nitrogens is 1. The second kappa shape index (κ2) is 16.9. The first kappa shape index (κ1) is 33.2. The van der Waals surface area contributed by atoms with Crippen molar-refractivity contribution < 1.29 is 28.2 Å². The number of hydrogen-bond acceptors (Lipinski definition) is 7. The molecular weight excluding hydrogens is 553 g/mol. The summed E-state index contributed by atoms with van der Waals surface area (Å²) in [5, 5.41) is 10.6. The fourth-order valence-corrected chi connectivity index (χ4v) is 6.22. The normalized spacial score (nSPS) is 19.1. The number of carbonyl (C=O) groups excluding carboxylic acids is 2. The standard InChI is InChI=1S/C32H50FN5O5/c1-23(34-2)31(39)36-30(24-8-5-4-6-9-24)32(40)38-13-7-10-26(38)21-35-28-22-37(29-20-25(33)11-12-27(28)29)14-15-42-18-19-43-17-16-41-3/h11-12,20,22-24,26,30,34-35H,4-10,13-19,21H2,1-3H3,(H,36,39)/t23-,26-,30-/m0/s1. The van der Waals surface area contributed by atoms with Crippen LogP contribution in [0.5, 0.6) is 0 Å². The summed E-state index contributed by atoms with van der Waals surface area (Å²) in [7, 11) is 3.39. The molecule has 3 atom stereocenters. The maximum absolute atomic E-state index is 14.2. The van der Waals surface area contributed by atoms with Crippen molar-refractivity contribution in [3.05, 3.63) is 30.2 Å². The van der Waals surface area contributed by atoms with E-state index in [1.165, 1.54) is 12.5 Å². The molecule has 0 bridgehead atoms. The smallest absolute Gasteiger partial charge is 0.245 e. The molecule has 2 aliphatic rings. The Kier molecular flexibility index (Phi) is 13.1. The molecule has 1 aliphatic carbocycles. The average Bonchev–Trinajstić information content (AvgIpc) is 3.63. The molecule has 240 valence electrons. The van der Waals surface area contributed by atoms with Crippen LogP contribution in [0.4, 0.5) is 10.1 Å². The molecule has 1 aromatic carbocycles. The molecule has 1 aliphatic heterocycles. The molecule has 1 aromatic heterocycles. The lowest BCUT2D eigenvalue weighted by molar-refractivity contribution is -0.139. The van der Waals surface area contributed by atoms with Crippen LogP contribution in [0.2, 0.25) is 0 Å². The number of halogens is 1. The van der Waals surface area contributed by atoms with Gasteiger partial charge in [0.2, 0.25) is 11.8 Å². The molecule has 3 N–H and O–H groups in total. The lowest BCUT2D eigenvalue weighted by Crippen LogP contribution is -2.57. The number of nitrogens with one attached hydrogen (secondary N) is 3. The zero-order valence-corrected chi connectivity index (χ0v) is 26.0. The molecule has 2 aromatic rings. The molecule has 1 saturated carbocycles. The minimum Gasteiger partial charge on any atom is -0.382 e. The Balaban J connectivity index is 1.39. The molecule has 11 heteroatoms. The number of fused-ring (bicyclic) bond motifs is 1. The number of nitrogens with zero attached hydrogens (tertiary/aromatic N) is 2. The molecular formula is C32H50FN5O5. The van der Waals surface area contributed by atoms with E-state index in [2.05, 4.69) is 16.0 Å². The molecule has 0 radical (unpaired) electrons. The summed E-state index contributed by atoms with van der Waals surface area (Å²) in [6.45, 7) is 6.18. The van der Waals surface area contributed by atoms with E-state index in [-0.39, 0.29) is 35.6 Å². The Morgan fingerprint density at radius 1 is 1.02 bits per heavy atom. The van der Waals surface area contributed by atoms with Crippen LogP contribution in [0, 0.1) is 11.7 Å². The quantitative estimate of drug-likeness (QED) is 0.238. The summed E-state index contributed by atoms with van der Waals surface area (Å²) in [4.78, 5) is 28.8. The topological polar surface area (TPSA) is 106 Å². The highest BCUT2D eigenvalue weighted by molar-refractivity contribution is 5.93. The van der Waals surface area contributed by atoms with Gasteiger partial charge in [-0.2, -0.15) is 0 Å². The number of amides is 2. The van der Waals surface area contributed by atoms with Gasteiger partial charge in [-0.1, -0.05) is 19.3 Å². The van der Waals surface area contributed by atoms with Crippen LogP contribution in [0.3, 0.4) is 0 Å². The zero-order chi connectivity index (χ0) is 30.6. The summed E-state index contributed by atoms with van der Waals surface area (Å²) in [5.74, 6) is -0.235. The Morgan fingerprint density at radius 2 is 1.77 bits per heavy atom. The second-order valence-corrected chi connectivity index (χ2v) is 11.7. The van der Waals surface area contributed by atoms with E-state index in [1.807, 2.05) is 22.6 Å². The predicted molar refractivity (Wildman–Crippen MR) is 166 cm³/mol. The summed E-state index contributed by atoms with van der Waals surface area (Å²) < 4.78 is 32.3. The number of carbonyl (C=O) groups is 2. The zero-order valence-electron chi connectivity index (χ0n) is 26.0. The van der Waals surface area contributed by atoms with Crippen molar-refractivity contribution in [1.82, 2.24) is 20.1 Å². The van der Waals surface area contributed by atoms with Crippen molar-refractivity contribution in [3.8, 4) is 0 Å². The molecule has 1 saturated heterocycles. The largest absolute Gasteiger partial charge is 0.382 e. The van der Waals surface area contributed by atoms with Crippen LogP contribution in [0.15, 0.2) is 24.4 Å². The van der Waals surface area contributed by atoms with Crippen LogP contribution in [0.25, 0.3) is 10.9 Å². The Bertz CT molecular complexity index is 1170. The maximum Gasteiger partial charge on any atom is 0.245 e. The molecule has 0 unspecified atom stereocenters. The predicted octanol–water partition coefficient (Wildman–Crippen LogP) is 3.54. The third-order valence-electron chi connectivity index (χ3n) is 8.82. The van der Waals surface area contributed by atoms with E-state index in [0.717, 1.165) is 55.1 Å². The summed E-state index contributed by atoms with van der Waals surface area (Å²) in [6, 6.07) is 3.96. The molecule has 0 spiro atoms. The molecule has 2 heterocycles. The lowest BCUT2D eigenvalue weighted by atomic mass is 9.83. The van der Waals surface area contributed by atoms with E-state index in [9.17, 15) is 14.0 Å². The van der Waals surface area contributed by atoms with Gasteiger partial charge in [-0.05, 0) is 63.8 Å². The number of hydrogen-bond donors (Lipinski definition) is 3. The van der Waals surface area contributed by atoms with Gasteiger partial charge in [0.25, 0.3) is 0 Å². The first-order valence-corrected chi connectivity index (χ1v) is 15.9. The van der Waals surface area contributed by atoms with Crippen molar-refractivity contribution in [2.45, 2.75) is 76.5 Å². The minimum atomic E-state index is -0.500. The number of anilines is 1. The lowest BCUT2D eigenvalue weighted by Gasteiger charge is -2.35. The van der Waals surface area contributed by atoms with E-state index in [0.29, 0.717) is 52.7 Å². The fraction of sp³-hybridized carbons (Fsp3) is 0.688. The van der Waals surface area contributed by atoms with Gasteiger partial charge in [0.15, 0.2) is 0 Å². The van der Waals surface area contributed by atoms with Gasteiger partial charge in [0.1, 0.15) is 11.9 Å². The highest BCUT2D eigenvalue weighted by Gasteiger charge is 2.38. The van der Waals surface area contributed by atoms with Crippen LogP contribution in [-0.2, 0) is 30.3 Å². The summed E-state index contributed by atoms with van der Waals surface area (Å²) >= 11 is 0. The summed E-state index contributed by atoms with van der Waals surface area (Å²) in [6.07, 6.45) is 9.10. The van der Waals surface area contributed by atoms with Gasteiger partial charge >= 0.3 is 0 Å². The maximum atomic E-state index is 14.2. The number of likely N-dealkylation sites (N-methyl/N-ethyl adjacent to an activating group) is 1. The first-order valence-electron chi connectivity index (χ1n) is 15.9. The molecule has 10 nitrogen and oxygen atoms in total. The van der Waals surface area contributed by atoms with Gasteiger partial charge in [0, 0.05) is 44.4 Å². The van der Waals surface area contributed by atoms with Gasteiger partial charge in [-0.15, -0.1) is 0 Å². The van der Waals surface area contributed by atoms with Crippen LogP contribution < -0.4 is 16.0 Å².